The maximum absolute atomic E-state index is 6.77. The van der Waals surface area contributed by atoms with E-state index in [2.05, 4.69) is 213 Å². The molecule has 0 spiro atoms. The molecule has 0 aliphatic carbocycles. The molecule has 0 saturated heterocycles. The van der Waals surface area contributed by atoms with Crippen molar-refractivity contribution in [2.45, 2.75) is 13.8 Å². The SMILES string of the molecule is Cc1ccccc1B(c1ccc2cc(-c3ccc4c5c(cccc35)Oc3cc(N(c5ccccc5)c5ccccc5)ccc3-4)ccc2c1)c1ccccc1C. The zero-order valence-corrected chi connectivity index (χ0v) is 30.9. The van der Waals surface area contributed by atoms with Gasteiger partial charge in [-0.3, -0.25) is 0 Å². The molecule has 0 bridgehead atoms. The second-order valence-electron chi connectivity index (χ2n) is 14.6. The minimum atomic E-state index is 0.158. The number of ether oxygens (including phenoxy) is 1. The molecule has 0 radical (unpaired) electrons. The third kappa shape index (κ3) is 5.77. The Kier molecular flexibility index (Phi) is 8.07. The van der Waals surface area contributed by atoms with Crippen molar-refractivity contribution >= 4 is 61.7 Å². The number of aryl methyl sites for hydroxylation is 2. The van der Waals surface area contributed by atoms with Crippen molar-refractivity contribution in [1.29, 1.82) is 0 Å². The van der Waals surface area contributed by atoms with Gasteiger partial charge >= 0.3 is 0 Å². The minimum Gasteiger partial charge on any atom is -0.456 e. The van der Waals surface area contributed by atoms with Crippen molar-refractivity contribution in [1.82, 2.24) is 0 Å². The number of para-hydroxylation sites is 2. The second-order valence-corrected chi connectivity index (χ2v) is 14.6. The quantitative estimate of drug-likeness (QED) is 0.153. The van der Waals surface area contributed by atoms with Crippen molar-refractivity contribution in [3.05, 3.63) is 205 Å². The summed E-state index contributed by atoms with van der Waals surface area (Å²) in [4.78, 5) is 2.27. The van der Waals surface area contributed by atoms with E-state index < -0.39 is 0 Å². The van der Waals surface area contributed by atoms with Gasteiger partial charge < -0.3 is 9.64 Å². The van der Waals surface area contributed by atoms with E-state index in [1.165, 1.54) is 60.4 Å². The van der Waals surface area contributed by atoms with Crippen LogP contribution in [0.1, 0.15) is 11.1 Å². The molecule has 260 valence electrons. The average Bonchev–Trinajstić information content (AvgIpc) is 3.23. The Morgan fingerprint density at radius 1 is 0.418 bits per heavy atom. The van der Waals surface area contributed by atoms with Gasteiger partial charge in [-0.25, -0.2) is 0 Å². The number of hydrogen-bond donors (Lipinski definition) is 0. The van der Waals surface area contributed by atoms with Crippen LogP contribution in [-0.4, -0.2) is 6.71 Å². The summed E-state index contributed by atoms with van der Waals surface area (Å²) in [7, 11) is 0. The Bertz CT molecular complexity index is 2800. The fourth-order valence-electron chi connectivity index (χ4n) is 8.57. The number of rotatable bonds is 7. The van der Waals surface area contributed by atoms with Gasteiger partial charge in [0.25, 0.3) is 0 Å². The largest absolute Gasteiger partial charge is 0.456 e. The first-order valence-electron chi connectivity index (χ1n) is 19.0. The van der Waals surface area contributed by atoms with Crippen LogP contribution in [0.25, 0.3) is 43.8 Å². The Hall–Kier alpha value is -6.84. The second kappa shape index (κ2) is 13.5. The molecule has 0 amide bonds. The van der Waals surface area contributed by atoms with E-state index in [9.17, 15) is 0 Å². The summed E-state index contributed by atoms with van der Waals surface area (Å²) in [5.74, 6) is 1.74. The van der Waals surface area contributed by atoms with E-state index in [0.29, 0.717) is 0 Å². The van der Waals surface area contributed by atoms with Crippen molar-refractivity contribution in [2.24, 2.45) is 0 Å². The highest BCUT2D eigenvalue weighted by atomic mass is 16.5. The fraction of sp³-hybridized carbons (Fsp3) is 0.0385. The summed E-state index contributed by atoms with van der Waals surface area (Å²) in [6.07, 6.45) is 0. The number of hydrogen-bond acceptors (Lipinski definition) is 2. The molecule has 1 aliphatic heterocycles. The first-order valence-corrected chi connectivity index (χ1v) is 19.0. The molecule has 0 fully saturated rings. The summed E-state index contributed by atoms with van der Waals surface area (Å²) in [5, 5.41) is 4.81. The number of fused-ring (bicyclic) bond motifs is 3. The topological polar surface area (TPSA) is 12.5 Å². The van der Waals surface area contributed by atoms with Gasteiger partial charge in [-0.2, -0.15) is 0 Å². The lowest BCUT2D eigenvalue weighted by atomic mass is 9.35. The van der Waals surface area contributed by atoms with Gasteiger partial charge in [0.1, 0.15) is 11.5 Å². The van der Waals surface area contributed by atoms with E-state index in [1.54, 1.807) is 0 Å². The third-order valence-electron chi connectivity index (χ3n) is 11.3. The molecule has 9 aromatic carbocycles. The first-order chi connectivity index (χ1) is 27.1. The predicted molar refractivity (Wildman–Crippen MR) is 234 cm³/mol. The lowest BCUT2D eigenvalue weighted by molar-refractivity contribution is 0.487. The standard InChI is InChI=1S/C52H38BNO/c1-35-14-9-11-21-48(35)53(49-22-12-10-15-36(49)2)40-27-26-37-32-39(25-24-38(37)33-40)44-30-31-47-45-29-28-43(34-51(45)55-50-23-13-20-46(44)52(47)50)54(41-16-5-3-6-17-41)42-18-7-4-8-19-42/h3-34H,1-2H3. The highest BCUT2D eigenvalue weighted by Gasteiger charge is 2.26. The van der Waals surface area contributed by atoms with Crippen LogP contribution >= 0.6 is 0 Å². The number of nitrogens with zero attached hydrogens (tertiary/aromatic N) is 1. The van der Waals surface area contributed by atoms with Gasteiger partial charge in [0, 0.05) is 34.1 Å². The Morgan fingerprint density at radius 2 is 1.02 bits per heavy atom. The number of anilines is 3. The van der Waals surface area contributed by atoms with Gasteiger partial charge in [-0.15, -0.1) is 0 Å². The molecule has 1 heterocycles. The number of benzene rings is 9. The van der Waals surface area contributed by atoms with Crippen LogP contribution in [0.15, 0.2) is 194 Å². The van der Waals surface area contributed by atoms with E-state index in [0.717, 1.165) is 39.5 Å². The van der Waals surface area contributed by atoms with Crippen molar-refractivity contribution < 1.29 is 4.74 Å². The Balaban J connectivity index is 1.04. The van der Waals surface area contributed by atoms with Crippen LogP contribution in [0.5, 0.6) is 11.5 Å². The maximum Gasteiger partial charge on any atom is 0.241 e. The fourth-order valence-corrected chi connectivity index (χ4v) is 8.57. The molecule has 1 aliphatic rings. The summed E-state index contributed by atoms with van der Waals surface area (Å²) < 4.78 is 6.77. The Labute approximate surface area is 323 Å². The van der Waals surface area contributed by atoms with Gasteiger partial charge in [0.05, 0.1) is 0 Å². The third-order valence-corrected chi connectivity index (χ3v) is 11.3. The molecule has 0 unspecified atom stereocenters. The smallest absolute Gasteiger partial charge is 0.241 e. The van der Waals surface area contributed by atoms with E-state index in [1.807, 2.05) is 0 Å². The molecule has 9 aromatic rings. The molecular formula is C52H38BNO. The average molecular weight is 704 g/mol. The van der Waals surface area contributed by atoms with Gasteiger partial charge in [-0.1, -0.05) is 167 Å². The molecule has 0 N–H and O–H groups in total. The molecule has 55 heavy (non-hydrogen) atoms. The van der Waals surface area contributed by atoms with Crippen LogP contribution in [0, 0.1) is 13.8 Å². The maximum atomic E-state index is 6.77. The van der Waals surface area contributed by atoms with Crippen LogP contribution in [-0.2, 0) is 0 Å². The zero-order valence-electron chi connectivity index (χ0n) is 30.9. The van der Waals surface area contributed by atoms with Crippen molar-refractivity contribution in [3.8, 4) is 33.8 Å². The van der Waals surface area contributed by atoms with E-state index >= 15 is 0 Å². The lowest BCUT2D eigenvalue weighted by Crippen LogP contribution is -2.53. The van der Waals surface area contributed by atoms with E-state index in [-0.39, 0.29) is 6.71 Å². The van der Waals surface area contributed by atoms with Crippen molar-refractivity contribution in [3.63, 3.8) is 0 Å². The minimum absolute atomic E-state index is 0.158. The first kappa shape index (κ1) is 32.8. The molecule has 2 nitrogen and oxygen atoms in total. The molecule has 10 rings (SSSR count). The van der Waals surface area contributed by atoms with E-state index in [4.69, 9.17) is 4.74 Å². The summed E-state index contributed by atoms with van der Waals surface area (Å²) in [6.45, 7) is 4.60. The molecule has 0 atom stereocenters. The Morgan fingerprint density at radius 3 is 1.71 bits per heavy atom. The molecule has 0 saturated carbocycles. The van der Waals surface area contributed by atoms with Crippen molar-refractivity contribution in [2.75, 3.05) is 4.90 Å². The van der Waals surface area contributed by atoms with Crippen LogP contribution < -0.4 is 26.0 Å². The molecule has 0 aromatic heterocycles. The van der Waals surface area contributed by atoms with Crippen LogP contribution in [0.3, 0.4) is 0 Å². The van der Waals surface area contributed by atoms with Crippen LogP contribution in [0.2, 0.25) is 0 Å². The van der Waals surface area contributed by atoms with Gasteiger partial charge in [-0.05, 0) is 95.2 Å². The van der Waals surface area contributed by atoms with Gasteiger partial charge in [0.2, 0.25) is 6.71 Å². The van der Waals surface area contributed by atoms with Gasteiger partial charge in [0.15, 0.2) is 0 Å². The summed E-state index contributed by atoms with van der Waals surface area (Å²) in [5.41, 5.74) is 14.5. The monoisotopic (exact) mass is 703 g/mol. The van der Waals surface area contributed by atoms with Crippen LogP contribution in [0.4, 0.5) is 17.1 Å². The summed E-state index contributed by atoms with van der Waals surface area (Å²) >= 11 is 0. The molecular weight excluding hydrogens is 665 g/mol. The molecule has 3 heteroatoms. The normalized spacial score (nSPS) is 11.6. The summed E-state index contributed by atoms with van der Waals surface area (Å²) in [6, 6.07) is 70.1. The predicted octanol–water partition coefficient (Wildman–Crippen LogP) is 12.0. The highest BCUT2D eigenvalue weighted by molar-refractivity contribution is 6.96. The zero-order chi connectivity index (χ0) is 36.9. The lowest BCUT2D eigenvalue weighted by Gasteiger charge is -2.28. The highest BCUT2D eigenvalue weighted by Crippen LogP contribution is 2.50.